The van der Waals surface area contributed by atoms with Crippen LogP contribution in [0.25, 0.3) is 27.7 Å². The summed E-state index contributed by atoms with van der Waals surface area (Å²) in [6, 6.07) is 12.0. The first kappa shape index (κ1) is 25.5. The number of allylic oxidation sites excluding steroid dienone is 1. The lowest BCUT2D eigenvalue weighted by Gasteiger charge is -2.26. The Kier molecular flexibility index (Phi) is 7.86. The van der Waals surface area contributed by atoms with E-state index in [0.717, 1.165) is 40.7 Å². The normalized spacial score (nSPS) is 12.6. The Hall–Kier alpha value is -3.08. The van der Waals surface area contributed by atoms with Gasteiger partial charge in [0.25, 0.3) is 0 Å². The van der Waals surface area contributed by atoms with Gasteiger partial charge in [0.15, 0.2) is 0 Å². The average molecular weight is 467 g/mol. The van der Waals surface area contributed by atoms with E-state index in [-0.39, 0.29) is 17.6 Å². The second-order valence-corrected chi connectivity index (χ2v) is 9.47. The van der Waals surface area contributed by atoms with E-state index < -0.39 is 11.8 Å². The summed E-state index contributed by atoms with van der Waals surface area (Å²) < 4.78 is 31.9. The fourth-order valence-corrected chi connectivity index (χ4v) is 3.93. The molecule has 5 heteroatoms. The summed E-state index contributed by atoms with van der Waals surface area (Å²) >= 11 is 0. The lowest BCUT2D eigenvalue weighted by molar-refractivity contribution is -0.140. The van der Waals surface area contributed by atoms with Crippen molar-refractivity contribution in [3.05, 3.63) is 59.1 Å². The maximum Gasteiger partial charge on any atom is 0.367 e. The maximum absolute atomic E-state index is 14.6. The molecule has 2 aromatic carbocycles. The molecule has 0 aliphatic carbocycles. The van der Waals surface area contributed by atoms with Crippen LogP contribution >= 0.6 is 0 Å². The monoisotopic (exact) mass is 466 g/mol. The standard InChI is InChI=1S/C29H35FO4/c1-8-14-33-27-22(15-19(9-2)16-23(27)29(5,6)7)21-13-11-12-20-17-24(34-26(20)21)18(4)25(30)28(31)32-10-3/h11-13,15-17H,8-10,14H2,1-7H3/b25-18+. The minimum absolute atomic E-state index is 0.105. The SMILES string of the molecule is CCCOc1c(-c2cccc3cc(/C(C)=C(/F)C(=O)OCC)oc23)cc(CC)cc1C(C)(C)C. The second-order valence-electron chi connectivity index (χ2n) is 9.47. The number of para-hydroxylation sites is 1. The number of benzene rings is 2. The van der Waals surface area contributed by atoms with Crippen LogP contribution in [0.5, 0.6) is 5.75 Å². The van der Waals surface area contributed by atoms with Crippen molar-refractivity contribution in [2.45, 2.75) is 66.7 Å². The van der Waals surface area contributed by atoms with Crippen molar-refractivity contribution in [2.75, 3.05) is 13.2 Å². The van der Waals surface area contributed by atoms with Crippen LogP contribution in [-0.4, -0.2) is 19.2 Å². The van der Waals surface area contributed by atoms with Gasteiger partial charge in [-0.25, -0.2) is 4.79 Å². The molecule has 0 bridgehead atoms. The Bertz CT molecular complexity index is 1210. The van der Waals surface area contributed by atoms with Gasteiger partial charge in [-0.3, -0.25) is 0 Å². The average Bonchev–Trinajstić information content (AvgIpc) is 3.25. The predicted octanol–water partition coefficient (Wildman–Crippen LogP) is 8.01. The number of fused-ring (bicyclic) bond motifs is 1. The van der Waals surface area contributed by atoms with Gasteiger partial charge in [0.05, 0.1) is 13.2 Å². The van der Waals surface area contributed by atoms with Gasteiger partial charge in [-0.15, -0.1) is 0 Å². The number of furan rings is 1. The van der Waals surface area contributed by atoms with Crippen molar-refractivity contribution in [3.8, 4) is 16.9 Å². The Labute approximate surface area is 201 Å². The first-order valence-electron chi connectivity index (χ1n) is 12.0. The van der Waals surface area contributed by atoms with Crippen LogP contribution in [-0.2, 0) is 21.4 Å². The minimum atomic E-state index is -0.985. The minimum Gasteiger partial charge on any atom is -0.493 e. The number of hydrogen-bond donors (Lipinski definition) is 0. The van der Waals surface area contributed by atoms with E-state index in [1.807, 2.05) is 18.2 Å². The number of rotatable bonds is 8. The molecule has 1 heterocycles. The molecule has 0 atom stereocenters. The lowest BCUT2D eigenvalue weighted by Crippen LogP contribution is -2.15. The van der Waals surface area contributed by atoms with Crippen molar-refractivity contribution in [2.24, 2.45) is 0 Å². The molecular weight excluding hydrogens is 431 g/mol. The number of carbonyl (C=O) groups is 1. The largest absolute Gasteiger partial charge is 0.493 e. The van der Waals surface area contributed by atoms with E-state index in [0.29, 0.717) is 18.0 Å². The molecule has 0 unspecified atom stereocenters. The third-order valence-electron chi connectivity index (χ3n) is 5.80. The zero-order chi connectivity index (χ0) is 25.0. The van der Waals surface area contributed by atoms with E-state index in [2.05, 4.69) is 46.8 Å². The summed E-state index contributed by atoms with van der Waals surface area (Å²) in [6.07, 6.45) is 1.78. The molecule has 0 amide bonds. The van der Waals surface area contributed by atoms with Gasteiger partial charge < -0.3 is 13.9 Å². The number of hydrogen-bond acceptors (Lipinski definition) is 4. The quantitative estimate of drug-likeness (QED) is 0.249. The van der Waals surface area contributed by atoms with Crippen LogP contribution in [0.4, 0.5) is 4.39 Å². The molecule has 0 aliphatic heterocycles. The molecule has 0 saturated heterocycles. The Morgan fingerprint density at radius 3 is 2.41 bits per heavy atom. The van der Waals surface area contributed by atoms with Crippen LogP contribution in [0, 0.1) is 0 Å². The van der Waals surface area contributed by atoms with Gasteiger partial charge in [-0.2, -0.15) is 4.39 Å². The van der Waals surface area contributed by atoms with Crippen molar-refractivity contribution in [3.63, 3.8) is 0 Å². The second kappa shape index (κ2) is 10.5. The van der Waals surface area contributed by atoms with E-state index in [1.165, 1.54) is 12.5 Å². The van der Waals surface area contributed by atoms with Gasteiger partial charge in [-0.1, -0.05) is 58.9 Å². The Morgan fingerprint density at radius 1 is 1.06 bits per heavy atom. The molecule has 3 rings (SSSR count). The molecule has 182 valence electrons. The number of aryl methyl sites for hydroxylation is 1. The van der Waals surface area contributed by atoms with E-state index >= 15 is 0 Å². The fourth-order valence-electron chi connectivity index (χ4n) is 3.93. The topological polar surface area (TPSA) is 48.7 Å². The van der Waals surface area contributed by atoms with Crippen molar-refractivity contribution < 1.29 is 23.1 Å². The van der Waals surface area contributed by atoms with Crippen molar-refractivity contribution in [1.82, 2.24) is 0 Å². The summed E-state index contributed by atoms with van der Waals surface area (Å²) in [5.41, 5.74) is 4.80. The molecule has 0 N–H and O–H groups in total. The lowest BCUT2D eigenvalue weighted by atomic mass is 9.82. The first-order valence-corrected chi connectivity index (χ1v) is 12.0. The third kappa shape index (κ3) is 5.19. The van der Waals surface area contributed by atoms with E-state index in [9.17, 15) is 9.18 Å². The molecular formula is C29H35FO4. The third-order valence-corrected chi connectivity index (χ3v) is 5.80. The summed E-state index contributed by atoms with van der Waals surface area (Å²) in [6.45, 7) is 14.6. The molecule has 0 aliphatic rings. The predicted molar refractivity (Wildman–Crippen MR) is 136 cm³/mol. The highest BCUT2D eigenvalue weighted by Crippen LogP contribution is 2.44. The molecule has 3 aromatic rings. The van der Waals surface area contributed by atoms with Crippen LogP contribution in [0.3, 0.4) is 0 Å². The van der Waals surface area contributed by atoms with Crippen molar-refractivity contribution >= 4 is 22.5 Å². The van der Waals surface area contributed by atoms with Crippen LogP contribution in [0.2, 0.25) is 0 Å². The highest BCUT2D eigenvalue weighted by Gasteiger charge is 2.25. The van der Waals surface area contributed by atoms with Crippen LogP contribution < -0.4 is 4.74 Å². The summed E-state index contributed by atoms with van der Waals surface area (Å²) in [7, 11) is 0. The zero-order valence-electron chi connectivity index (χ0n) is 21.3. The molecule has 0 fully saturated rings. The molecule has 4 nitrogen and oxygen atoms in total. The maximum atomic E-state index is 14.6. The molecule has 1 aromatic heterocycles. The molecule has 0 spiro atoms. The number of carbonyl (C=O) groups excluding carboxylic acids is 1. The number of ether oxygens (including phenoxy) is 2. The summed E-state index contributed by atoms with van der Waals surface area (Å²) in [5, 5.41) is 0.823. The first-order chi connectivity index (χ1) is 16.1. The van der Waals surface area contributed by atoms with Gasteiger partial charge >= 0.3 is 5.97 Å². The smallest absolute Gasteiger partial charge is 0.367 e. The van der Waals surface area contributed by atoms with Gasteiger partial charge in [0.1, 0.15) is 17.1 Å². The summed E-state index contributed by atoms with van der Waals surface area (Å²) in [5.74, 6) is -0.785. The molecule has 34 heavy (non-hydrogen) atoms. The van der Waals surface area contributed by atoms with E-state index in [1.54, 1.807) is 13.0 Å². The fraction of sp³-hybridized carbons (Fsp3) is 0.414. The highest BCUT2D eigenvalue weighted by atomic mass is 19.1. The van der Waals surface area contributed by atoms with Gasteiger partial charge in [-0.05, 0) is 49.8 Å². The zero-order valence-corrected chi connectivity index (χ0v) is 21.3. The number of esters is 1. The van der Waals surface area contributed by atoms with Gasteiger partial charge in [0.2, 0.25) is 5.83 Å². The van der Waals surface area contributed by atoms with Crippen LogP contribution in [0.1, 0.15) is 71.8 Å². The van der Waals surface area contributed by atoms with E-state index in [4.69, 9.17) is 13.9 Å². The molecule has 0 radical (unpaired) electrons. The van der Waals surface area contributed by atoms with Crippen molar-refractivity contribution in [1.29, 1.82) is 0 Å². The Morgan fingerprint density at radius 2 is 1.79 bits per heavy atom. The van der Waals surface area contributed by atoms with Crippen LogP contribution in [0.15, 0.2) is 46.6 Å². The Balaban J connectivity index is 2.27. The summed E-state index contributed by atoms with van der Waals surface area (Å²) in [4.78, 5) is 11.9. The molecule has 0 saturated carbocycles. The number of halogens is 1. The van der Waals surface area contributed by atoms with Gasteiger partial charge in [0, 0.05) is 27.6 Å². The highest BCUT2D eigenvalue weighted by molar-refractivity contribution is 5.99.